The molecule has 2 aromatic rings. The highest BCUT2D eigenvalue weighted by Crippen LogP contribution is 2.16. The normalized spacial score (nSPS) is 11.2. The molecule has 0 fully saturated rings. The minimum absolute atomic E-state index is 0.103. The lowest BCUT2D eigenvalue weighted by Gasteiger charge is -2.17. The van der Waals surface area contributed by atoms with Gasteiger partial charge in [-0.25, -0.2) is 0 Å². The molecular formula is C17H24ClN3O2. The second-order valence-electron chi connectivity index (χ2n) is 5.64. The van der Waals surface area contributed by atoms with Gasteiger partial charge in [0.25, 0.3) is 0 Å². The van der Waals surface area contributed by atoms with E-state index in [1.54, 1.807) is 0 Å². The van der Waals surface area contributed by atoms with E-state index in [-0.39, 0.29) is 6.61 Å². The molecule has 0 saturated heterocycles. The highest BCUT2D eigenvalue weighted by atomic mass is 35.5. The first-order valence-electron chi connectivity index (χ1n) is 7.72. The van der Waals surface area contributed by atoms with E-state index < -0.39 is 0 Å². The van der Waals surface area contributed by atoms with Crippen LogP contribution in [0.2, 0.25) is 5.02 Å². The summed E-state index contributed by atoms with van der Waals surface area (Å²) in [5, 5.41) is 14.3. The lowest BCUT2D eigenvalue weighted by molar-refractivity contribution is 0.232. The van der Waals surface area contributed by atoms with Gasteiger partial charge >= 0.3 is 0 Å². The van der Waals surface area contributed by atoms with Crippen LogP contribution in [0.15, 0.2) is 24.3 Å². The molecule has 0 bridgehead atoms. The fourth-order valence-corrected chi connectivity index (χ4v) is 2.60. The maximum absolute atomic E-state index is 9.07. The Morgan fingerprint density at radius 1 is 1.26 bits per heavy atom. The predicted molar refractivity (Wildman–Crippen MR) is 92.1 cm³/mol. The van der Waals surface area contributed by atoms with Crippen LogP contribution in [0.4, 0.5) is 0 Å². The third-order valence-corrected chi connectivity index (χ3v) is 4.08. The van der Waals surface area contributed by atoms with Gasteiger partial charge in [0, 0.05) is 29.4 Å². The first-order chi connectivity index (χ1) is 11.0. The summed E-state index contributed by atoms with van der Waals surface area (Å²) in [5.41, 5.74) is 3.34. The maximum Gasteiger partial charge on any atom is 0.119 e. The van der Waals surface area contributed by atoms with Crippen LogP contribution >= 0.6 is 11.6 Å². The van der Waals surface area contributed by atoms with Gasteiger partial charge in [0.15, 0.2) is 0 Å². The zero-order chi connectivity index (χ0) is 16.8. The van der Waals surface area contributed by atoms with Crippen LogP contribution in [0.25, 0.3) is 0 Å². The van der Waals surface area contributed by atoms with Gasteiger partial charge in [-0.1, -0.05) is 11.6 Å². The Labute approximate surface area is 142 Å². The molecule has 0 amide bonds. The van der Waals surface area contributed by atoms with Gasteiger partial charge in [-0.2, -0.15) is 5.10 Å². The number of aryl methyl sites for hydroxylation is 1. The van der Waals surface area contributed by atoms with Crippen LogP contribution in [-0.4, -0.2) is 46.6 Å². The van der Waals surface area contributed by atoms with Crippen LogP contribution in [0.1, 0.15) is 17.0 Å². The topological polar surface area (TPSA) is 50.5 Å². The summed E-state index contributed by atoms with van der Waals surface area (Å²) >= 11 is 5.85. The summed E-state index contributed by atoms with van der Waals surface area (Å²) in [7, 11) is 2.06. The number of rotatable bonds is 8. The molecule has 1 aromatic carbocycles. The van der Waals surface area contributed by atoms with Gasteiger partial charge in [-0.15, -0.1) is 0 Å². The van der Waals surface area contributed by atoms with Gasteiger partial charge in [0.05, 0.1) is 18.8 Å². The number of benzene rings is 1. The predicted octanol–water partition coefficient (Wildman–Crippen LogP) is 2.66. The maximum atomic E-state index is 9.07. The van der Waals surface area contributed by atoms with E-state index in [2.05, 4.69) is 17.0 Å². The average molecular weight is 338 g/mol. The Morgan fingerprint density at radius 2 is 1.96 bits per heavy atom. The van der Waals surface area contributed by atoms with Crippen LogP contribution in [0.3, 0.4) is 0 Å². The summed E-state index contributed by atoms with van der Waals surface area (Å²) in [6.07, 6.45) is 0. The second-order valence-corrected chi connectivity index (χ2v) is 6.07. The molecule has 0 radical (unpaired) electrons. The molecule has 0 unspecified atom stereocenters. The molecule has 0 atom stereocenters. The number of hydrogen-bond donors (Lipinski definition) is 1. The van der Waals surface area contributed by atoms with Crippen molar-refractivity contribution in [2.24, 2.45) is 0 Å². The lowest BCUT2D eigenvalue weighted by Crippen LogP contribution is -2.24. The Balaban J connectivity index is 1.85. The van der Waals surface area contributed by atoms with E-state index in [0.717, 1.165) is 30.2 Å². The quantitative estimate of drug-likeness (QED) is 0.804. The molecule has 1 aromatic heterocycles. The lowest BCUT2D eigenvalue weighted by atomic mass is 10.2. The molecule has 5 nitrogen and oxygen atoms in total. The number of ether oxygens (including phenoxy) is 1. The zero-order valence-corrected chi connectivity index (χ0v) is 14.7. The first-order valence-corrected chi connectivity index (χ1v) is 8.09. The van der Waals surface area contributed by atoms with Crippen LogP contribution in [0.5, 0.6) is 5.75 Å². The monoisotopic (exact) mass is 337 g/mol. The molecule has 0 aliphatic heterocycles. The Hall–Kier alpha value is -1.56. The number of aromatic nitrogens is 2. The third kappa shape index (κ3) is 4.96. The molecule has 0 aliphatic carbocycles. The minimum Gasteiger partial charge on any atom is -0.492 e. The van der Waals surface area contributed by atoms with Crippen molar-refractivity contribution < 1.29 is 9.84 Å². The van der Waals surface area contributed by atoms with Gasteiger partial charge in [0.1, 0.15) is 12.4 Å². The number of aliphatic hydroxyl groups excluding tert-OH is 1. The van der Waals surface area contributed by atoms with Crippen molar-refractivity contribution in [2.75, 3.05) is 26.8 Å². The van der Waals surface area contributed by atoms with E-state index in [9.17, 15) is 0 Å². The van der Waals surface area contributed by atoms with E-state index in [1.807, 2.05) is 42.8 Å². The molecule has 0 saturated carbocycles. The summed E-state index contributed by atoms with van der Waals surface area (Å²) < 4.78 is 7.58. The molecular weight excluding hydrogens is 314 g/mol. The molecule has 0 spiro atoms. The number of aliphatic hydroxyl groups is 1. The van der Waals surface area contributed by atoms with Crippen LogP contribution < -0.4 is 4.74 Å². The fourth-order valence-electron chi connectivity index (χ4n) is 2.47. The van der Waals surface area contributed by atoms with Crippen LogP contribution in [-0.2, 0) is 13.1 Å². The molecule has 23 heavy (non-hydrogen) atoms. The number of halogens is 1. The first kappa shape index (κ1) is 17.8. The fraction of sp³-hybridized carbons (Fsp3) is 0.471. The van der Waals surface area contributed by atoms with Crippen molar-refractivity contribution in [3.8, 4) is 5.75 Å². The largest absolute Gasteiger partial charge is 0.492 e. The molecule has 0 aliphatic rings. The van der Waals surface area contributed by atoms with Crippen molar-refractivity contribution >= 4 is 11.6 Å². The van der Waals surface area contributed by atoms with Gasteiger partial charge in [-0.05, 0) is 45.2 Å². The number of likely N-dealkylation sites (N-methyl/N-ethyl adjacent to an activating group) is 1. The summed E-state index contributed by atoms with van der Waals surface area (Å²) in [4.78, 5) is 2.20. The van der Waals surface area contributed by atoms with Crippen molar-refractivity contribution in [3.63, 3.8) is 0 Å². The SMILES string of the molecule is Cc1nn(CCO)c(C)c1CN(C)CCOc1ccc(Cl)cc1. The molecule has 2 rings (SSSR count). The minimum atomic E-state index is 0.103. The van der Waals surface area contributed by atoms with Crippen LogP contribution in [0, 0.1) is 13.8 Å². The summed E-state index contributed by atoms with van der Waals surface area (Å²) in [6, 6.07) is 7.39. The standard InChI is InChI=1S/C17H24ClN3O2/c1-13-17(14(2)21(19-13)8-10-22)12-20(3)9-11-23-16-6-4-15(18)5-7-16/h4-7,22H,8-12H2,1-3H3. The highest BCUT2D eigenvalue weighted by Gasteiger charge is 2.13. The van der Waals surface area contributed by atoms with Crippen molar-refractivity contribution in [3.05, 3.63) is 46.2 Å². The number of nitrogens with zero attached hydrogens (tertiary/aromatic N) is 3. The van der Waals surface area contributed by atoms with E-state index in [1.165, 1.54) is 5.56 Å². The van der Waals surface area contributed by atoms with Crippen molar-refractivity contribution in [2.45, 2.75) is 26.9 Å². The molecule has 1 heterocycles. The number of hydrogen-bond acceptors (Lipinski definition) is 4. The molecule has 6 heteroatoms. The molecule has 1 N–H and O–H groups in total. The van der Waals surface area contributed by atoms with Gasteiger partial charge < -0.3 is 9.84 Å². The Bertz CT molecular complexity index is 626. The Kier molecular flexibility index (Phi) is 6.45. The van der Waals surface area contributed by atoms with E-state index in [0.29, 0.717) is 18.2 Å². The third-order valence-electron chi connectivity index (χ3n) is 3.83. The summed E-state index contributed by atoms with van der Waals surface area (Å²) in [6.45, 7) is 6.93. The zero-order valence-electron chi connectivity index (χ0n) is 13.9. The van der Waals surface area contributed by atoms with Crippen molar-refractivity contribution in [1.29, 1.82) is 0 Å². The van der Waals surface area contributed by atoms with Crippen molar-refractivity contribution in [1.82, 2.24) is 14.7 Å². The van der Waals surface area contributed by atoms with E-state index >= 15 is 0 Å². The van der Waals surface area contributed by atoms with E-state index in [4.69, 9.17) is 21.4 Å². The highest BCUT2D eigenvalue weighted by molar-refractivity contribution is 6.30. The molecule has 126 valence electrons. The second kappa shape index (κ2) is 8.34. The van der Waals surface area contributed by atoms with Gasteiger partial charge in [0.2, 0.25) is 0 Å². The average Bonchev–Trinajstić information content (AvgIpc) is 2.77. The smallest absolute Gasteiger partial charge is 0.119 e. The van der Waals surface area contributed by atoms with Gasteiger partial charge in [-0.3, -0.25) is 9.58 Å². The Morgan fingerprint density at radius 3 is 2.61 bits per heavy atom. The summed E-state index contributed by atoms with van der Waals surface area (Å²) in [5.74, 6) is 0.825.